The van der Waals surface area contributed by atoms with Crippen LogP contribution in [0.25, 0.3) is 16.8 Å². The third-order valence-electron chi connectivity index (χ3n) is 3.34. The normalized spacial score (nSPS) is 11.1. The molecule has 3 aromatic carbocycles. The molecule has 1 N–H and O–H groups in total. The molecule has 0 saturated carbocycles. The molecular weight excluding hydrogens is 242 g/mol. The molecule has 0 spiro atoms. The van der Waals surface area contributed by atoms with E-state index >= 15 is 0 Å². The van der Waals surface area contributed by atoms with Gasteiger partial charge >= 0.3 is 0 Å². The SMILES string of the molecule is CC=Cc1ccc(Nc2cccc3ccccc23)cc1. The van der Waals surface area contributed by atoms with Crippen molar-refractivity contribution in [2.45, 2.75) is 6.92 Å². The minimum atomic E-state index is 1.11. The van der Waals surface area contributed by atoms with Gasteiger partial charge in [-0.05, 0) is 36.1 Å². The molecule has 0 bridgehead atoms. The molecule has 0 unspecified atom stereocenters. The van der Waals surface area contributed by atoms with Gasteiger partial charge in [0.15, 0.2) is 0 Å². The van der Waals surface area contributed by atoms with Gasteiger partial charge in [0.05, 0.1) is 0 Å². The van der Waals surface area contributed by atoms with Gasteiger partial charge in [0.2, 0.25) is 0 Å². The summed E-state index contributed by atoms with van der Waals surface area (Å²) in [6.45, 7) is 2.03. The molecule has 20 heavy (non-hydrogen) atoms. The first-order valence-corrected chi connectivity index (χ1v) is 6.84. The van der Waals surface area contributed by atoms with Crippen LogP contribution in [0.15, 0.2) is 72.8 Å². The smallest absolute Gasteiger partial charge is 0.0463 e. The van der Waals surface area contributed by atoms with Crippen LogP contribution in [0.1, 0.15) is 12.5 Å². The Morgan fingerprint density at radius 2 is 1.55 bits per heavy atom. The second-order valence-corrected chi connectivity index (χ2v) is 4.77. The number of hydrogen-bond donors (Lipinski definition) is 1. The second-order valence-electron chi connectivity index (χ2n) is 4.77. The quantitative estimate of drug-likeness (QED) is 0.644. The van der Waals surface area contributed by atoms with Crippen molar-refractivity contribution in [3.63, 3.8) is 0 Å². The molecule has 1 nitrogen and oxygen atoms in total. The summed E-state index contributed by atoms with van der Waals surface area (Å²) in [6, 6.07) is 23.2. The van der Waals surface area contributed by atoms with E-state index in [1.807, 2.05) is 13.0 Å². The molecule has 0 heterocycles. The number of allylic oxidation sites excluding steroid dienone is 1. The maximum absolute atomic E-state index is 3.49. The Morgan fingerprint density at radius 3 is 2.35 bits per heavy atom. The summed E-state index contributed by atoms with van der Waals surface area (Å²) in [5.74, 6) is 0. The van der Waals surface area contributed by atoms with Crippen LogP contribution in [-0.4, -0.2) is 0 Å². The summed E-state index contributed by atoms with van der Waals surface area (Å²) in [4.78, 5) is 0. The molecule has 0 aliphatic heterocycles. The number of fused-ring (bicyclic) bond motifs is 1. The summed E-state index contributed by atoms with van der Waals surface area (Å²) in [7, 11) is 0. The van der Waals surface area contributed by atoms with Gasteiger partial charge in [0.1, 0.15) is 0 Å². The van der Waals surface area contributed by atoms with Crippen LogP contribution in [0.3, 0.4) is 0 Å². The van der Waals surface area contributed by atoms with Crippen LogP contribution in [0.4, 0.5) is 11.4 Å². The van der Waals surface area contributed by atoms with E-state index in [9.17, 15) is 0 Å². The predicted octanol–water partition coefficient (Wildman–Crippen LogP) is 5.62. The monoisotopic (exact) mass is 259 g/mol. The van der Waals surface area contributed by atoms with Gasteiger partial charge in [-0.2, -0.15) is 0 Å². The summed E-state index contributed by atoms with van der Waals surface area (Å²) in [6.07, 6.45) is 4.15. The number of hydrogen-bond acceptors (Lipinski definition) is 1. The Kier molecular flexibility index (Phi) is 3.51. The molecule has 0 aliphatic rings. The first kappa shape index (κ1) is 12.5. The highest BCUT2D eigenvalue weighted by Gasteiger charge is 2.00. The topological polar surface area (TPSA) is 12.0 Å². The van der Waals surface area contributed by atoms with E-state index in [-0.39, 0.29) is 0 Å². The van der Waals surface area contributed by atoms with Gasteiger partial charge in [-0.25, -0.2) is 0 Å². The van der Waals surface area contributed by atoms with Gasteiger partial charge < -0.3 is 5.32 Å². The molecule has 3 aromatic rings. The lowest BCUT2D eigenvalue weighted by Gasteiger charge is -2.10. The Bertz CT molecular complexity index is 734. The van der Waals surface area contributed by atoms with Crippen molar-refractivity contribution in [3.05, 3.63) is 78.4 Å². The zero-order valence-electron chi connectivity index (χ0n) is 11.5. The zero-order chi connectivity index (χ0) is 13.8. The molecule has 98 valence electrons. The van der Waals surface area contributed by atoms with Crippen LogP contribution in [0.5, 0.6) is 0 Å². The van der Waals surface area contributed by atoms with E-state index in [0.717, 1.165) is 11.4 Å². The minimum Gasteiger partial charge on any atom is -0.355 e. The molecule has 0 atom stereocenters. The van der Waals surface area contributed by atoms with E-state index in [2.05, 4.69) is 78.1 Å². The minimum absolute atomic E-state index is 1.11. The van der Waals surface area contributed by atoms with E-state index < -0.39 is 0 Å². The molecule has 0 fully saturated rings. The van der Waals surface area contributed by atoms with E-state index in [1.54, 1.807) is 0 Å². The second kappa shape index (κ2) is 5.62. The fourth-order valence-electron chi connectivity index (χ4n) is 2.36. The standard InChI is InChI=1S/C19H17N/c1-2-6-15-11-13-17(14-12-15)20-19-10-5-8-16-7-3-4-9-18(16)19/h2-14,20H,1H3. The summed E-state index contributed by atoms with van der Waals surface area (Å²) >= 11 is 0. The lowest BCUT2D eigenvalue weighted by Crippen LogP contribution is -1.91. The lowest BCUT2D eigenvalue weighted by atomic mass is 10.1. The number of rotatable bonds is 3. The summed E-state index contributed by atoms with van der Waals surface area (Å²) in [5, 5.41) is 5.99. The first-order valence-electron chi connectivity index (χ1n) is 6.84. The number of anilines is 2. The van der Waals surface area contributed by atoms with Crippen molar-refractivity contribution >= 4 is 28.2 Å². The summed E-state index contributed by atoms with van der Waals surface area (Å²) in [5.41, 5.74) is 3.47. The number of nitrogens with one attached hydrogen (secondary N) is 1. The molecule has 3 rings (SSSR count). The fraction of sp³-hybridized carbons (Fsp3) is 0.0526. The highest BCUT2D eigenvalue weighted by atomic mass is 14.9. The van der Waals surface area contributed by atoms with E-state index in [4.69, 9.17) is 0 Å². The van der Waals surface area contributed by atoms with Gasteiger partial charge in [0.25, 0.3) is 0 Å². The molecule has 0 saturated heterocycles. The average molecular weight is 259 g/mol. The molecular formula is C19H17N. The highest BCUT2D eigenvalue weighted by Crippen LogP contribution is 2.26. The first-order chi connectivity index (χ1) is 9.86. The van der Waals surface area contributed by atoms with Crippen LogP contribution < -0.4 is 5.32 Å². The summed E-state index contributed by atoms with van der Waals surface area (Å²) < 4.78 is 0. The van der Waals surface area contributed by atoms with Crippen molar-refractivity contribution in [3.8, 4) is 0 Å². The van der Waals surface area contributed by atoms with Crippen LogP contribution in [-0.2, 0) is 0 Å². The van der Waals surface area contributed by atoms with Gasteiger partial charge in [-0.3, -0.25) is 0 Å². The Labute approximate surface area is 119 Å². The largest absolute Gasteiger partial charge is 0.355 e. The van der Waals surface area contributed by atoms with Crippen molar-refractivity contribution in [2.24, 2.45) is 0 Å². The third-order valence-corrected chi connectivity index (χ3v) is 3.34. The van der Waals surface area contributed by atoms with Crippen molar-refractivity contribution < 1.29 is 0 Å². The predicted molar refractivity (Wildman–Crippen MR) is 88.4 cm³/mol. The Morgan fingerprint density at radius 1 is 0.800 bits per heavy atom. The maximum atomic E-state index is 3.49. The van der Waals surface area contributed by atoms with E-state index in [1.165, 1.54) is 16.3 Å². The van der Waals surface area contributed by atoms with Crippen LogP contribution in [0, 0.1) is 0 Å². The molecule has 1 heteroatoms. The van der Waals surface area contributed by atoms with Crippen LogP contribution in [0.2, 0.25) is 0 Å². The van der Waals surface area contributed by atoms with Crippen molar-refractivity contribution in [1.29, 1.82) is 0 Å². The Hall–Kier alpha value is -2.54. The van der Waals surface area contributed by atoms with Crippen molar-refractivity contribution in [1.82, 2.24) is 0 Å². The number of benzene rings is 3. The maximum Gasteiger partial charge on any atom is 0.0463 e. The Balaban J connectivity index is 1.93. The van der Waals surface area contributed by atoms with Gasteiger partial charge in [0, 0.05) is 16.8 Å². The van der Waals surface area contributed by atoms with Gasteiger partial charge in [-0.15, -0.1) is 0 Å². The van der Waals surface area contributed by atoms with Crippen LogP contribution >= 0.6 is 0 Å². The van der Waals surface area contributed by atoms with Gasteiger partial charge in [-0.1, -0.05) is 60.7 Å². The molecule has 0 radical (unpaired) electrons. The molecule has 0 amide bonds. The third kappa shape index (κ3) is 2.57. The fourth-order valence-corrected chi connectivity index (χ4v) is 2.36. The molecule has 0 aromatic heterocycles. The van der Waals surface area contributed by atoms with E-state index in [0.29, 0.717) is 0 Å². The zero-order valence-corrected chi connectivity index (χ0v) is 11.5. The average Bonchev–Trinajstić information content (AvgIpc) is 2.50. The molecule has 0 aliphatic carbocycles. The highest BCUT2D eigenvalue weighted by molar-refractivity contribution is 5.95. The lowest BCUT2D eigenvalue weighted by molar-refractivity contribution is 1.56. The van der Waals surface area contributed by atoms with Crippen molar-refractivity contribution in [2.75, 3.05) is 5.32 Å².